The SMILES string of the molecule is CCn1c(C(=O)N2CCC(n3c(=O)[nH]c4ccccc43)CC2)cc2oc(C)cc21. The Balaban J connectivity index is 1.38. The summed E-state index contributed by atoms with van der Waals surface area (Å²) < 4.78 is 9.58. The van der Waals surface area contributed by atoms with Gasteiger partial charge in [0.1, 0.15) is 11.5 Å². The Hall–Kier alpha value is -3.22. The molecule has 1 saturated heterocycles. The molecule has 7 heteroatoms. The Kier molecular flexibility index (Phi) is 4.12. The minimum atomic E-state index is -0.0773. The van der Waals surface area contributed by atoms with Crippen LogP contribution in [0.1, 0.15) is 42.1 Å². The second-order valence-corrected chi connectivity index (χ2v) is 7.72. The van der Waals surface area contributed by atoms with Gasteiger partial charge in [0.15, 0.2) is 5.58 Å². The average Bonchev–Trinajstić information content (AvgIpc) is 3.36. The molecule has 4 aromatic rings. The third-order valence-electron chi connectivity index (χ3n) is 5.99. The van der Waals surface area contributed by atoms with Gasteiger partial charge in [-0.1, -0.05) is 12.1 Å². The summed E-state index contributed by atoms with van der Waals surface area (Å²) in [6.45, 7) is 5.92. The van der Waals surface area contributed by atoms with E-state index in [4.69, 9.17) is 4.42 Å². The van der Waals surface area contributed by atoms with Crippen LogP contribution < -0.4 is 5.69 Å². The number of carbonyl (C=O) groups is 1. The number of aromatic nitrogens is 3. The Morgan fingerprint density at radius 1 is 1.17 bits per heavy atom. The third-order valence-corrected chi connectivity index (χ3v) is 5.99. The number of carbonyl (C=O) groups excluding carboxylic acids is 1. The van der Waals surface area contributed by atoms with Crippen LogP contribution in [0.5, 0.6) is 0 Å². The van der Waals surface area contributed by atoms with Gasteiger partial charge in [-0.05, 0) is 38.8 Å². The molecular formula is C22H24N4O3. The molecule has 0 aliphatic carbocycles. The van der Waals surface area contributed by atoms with E-state index in [0.717, 1.165) is 40.7 Å². The number of H-pyrrole nitrogens is 1. The maximum Gasteiger partial charge on any atom is 0.326 e. The number of aryl methyl sites for hydroxylation is 2. The molecule has 0 spiro atoms. The van der Waals surface area contributed by atoms with Gasteiger partial charge in [-0.2, -0.15) is 0 Å². The molecule has 0 radical (unpaired) electrons. The quantitative estimate of drug-likeness (QED) is 0.578. The lowest BCUT2D eigenvalue weighted by Gasteiger charge is -2.32. The maximum absolute atomic E-state index is 13.2. The summed E-state index contributed by atoms with van der Waals surface area (Å²) >= 11 is 0. The molecule has 3 aromatic heterocycles. The number of para-hydroxylation sites is 2. The lowest BCUT2D eigenvalue weighted by molar-refractivity contribution is 0.0684. The van der Waals surface area contributed by atoms with Crippen molar-refractivity contribution in [3.05, 3.63) is 58.3 Å². The first-order valence-electron chi connectivity index (χ1n) is 10.1. The zero-order valence-electron chi connectivity index (χ0n) is 16.6. The van der Waals surface area contributed by atoms with E-state index in [1.54, 1.807) is 0 Å². The van der Waals surface area contributed by atoms with Crippen LogP contribution in [0.4, 0.5) is 0 Å². The number of imidazole rings is 1. The monoisotopic (exact) mass is 392 g/mol. The van der Waals surface area contributed by atoms with Gasteiger partial charge in [0.25, 0.3) is 5.91 Å². The first-order valence-corrected chi connectivity index (χ1v) is 10.1. The molecule has 1 fully saturated rings. The molecule has 1 aliphatic rings. The standard InChI is InChI=1S/C22H24N4O3/c1-3-25-18-12-14(2)29-20(18)13-19(25)21(27)24-10-8-15(9-11-24)26-17-7-5-4-6-16(17)23-22(26)28/h4-7,12-13,15H,3,8-11H2,1-2H3,(H,23,28). The van der Waals surface area contributed by atoms with Crippen molar-refractivity contribution in [2.75, 3.05) is 13.1 Å². The number of furan rings is 1. The highest BCUT2D eigenvalue weighted by molar-refractivity contribution is 5.97. The number of nitrogens with one attached hydrogen (secondary N) is 1. The molecule has 4 heterocycles. The van der Waals surface area contributed by atoms with Crippen LogP contribution in [0.25, 0.3) is 22.1 Å². The van der Waals surface area contributed by atoms with Crippen molar-refractivity contribution in [1.29, 1.82) is 0 Å². The molecular weight excluding hydrogens is 368 g/mol. The number of hydrogen-bond acceptors (Lipinski definition) is 3. The third kappa shape index (κ3) is 2.80. The zero-order valence-corrected chi connectivity index (χ0v) is 16.6. The van der Waals surface area contributed by atoms with Crippen LogP contribution in [0.2, 0.25) is 0 Å². The first-order chi connectivity index (χ1) is 14.1. The fourth-order valence-corrected chi connectivity index (χ4v) is 4.61. The van der Waals surface area contributed by atoms with Crippen LogP contribution in [0.3, 0.4) is 0 Å². The summed E-state index contributed by atoms with van der Waals surface area (Å²) in [5.41, 5.74) is 4.10. The number of amides is 1. The van der Waals surface area contributed by atoms with Crippen LogP contribution in [-0.4, -0.2) is 38.0 Å². The smallest absolute Gasteiger partial charge is 0.326 e. The second-order valence-electron chi connectivity index (χ2n) is 7.72. The molecule has 5 rings (SSSR count). The zero-order chi connectivity index (χ0) is 20.1. The van der Waals surface area contributed by atoms with Crippen LogP contribution in [0, 0.1) is 6.92 Å². The predicted molar refractivity (Wildman–Crippen MR) is 111 cm³/mol. The topological polar surface area (TPSA) is 76.2 Å². The van der Waals surface area contributed by atoms with Crippen LogP contribution in [-0.2, 0) is 6.54 Å². The number of aromatic amines is 1. The summed E-state index contributed by atoms with van der Waals surface area (Å²) in [5, 5.41) is 0. The average molecular weight is 392 g/mol. The lowest BCUT2D eigenvalue weighted by atomic mass is 10.0. The largest absolute Gasteiger partial charge is 0.460 e. The van der Waals surface area contributed by atoms with Crippen molar-refractivity contribution in [2.45, 2.75) is 39.3 Å². The number of hydrogen-bond donors (Lipinski definition) is 1. The van der Waals surface area contributed by atoms with Crippen molar-refractivity contribution >= 4 is 28.0 Å². The van der Waals surface area contributed by atoms with Crippen molar-refractivity contribution < 1.29 is 9.21 Å². The molecule has 0 saturated carbocycles. The van der Waals surface area contributed by atoms with Gasteiger partial charge >= 0.3 is 5.69 Å². The first kappa shape index (κ1) is 17.8. The summed E-state index contributed by atoms with van der Waals surface area (Å²) in [6.07, 6.45) is 1.52. The van der Waals surface area contributed by atoms with E-state index in [9.17, 15) is 9.59 Å². The van der Waals surface area contributed by atoms with E-state index >= 15 is 0 Å². The van der Waals surface area contributed by atoms with Gasteiger partial charge in [0.05, 0.1) is 16.6 Å². The number of benzene rings is 1. The van der Waals surface area contributed by atoms with Gasteiger partial charge in [-0.25, -0.2) is 4.79 Å². The van der Waals surface area contributed by atoms with Crippen molar-refractivity contribution in [2.24, 2.45) is 0 Å². The molecule has 1 aliphatic heterocycles. The minimum Gasteiger partial charge on any atom is -0.460 e. The number of piperidine rings is 1. The number of nitrogens with zero attached hydrogens (tertiary/aromatic N) is 3. The molecule has 0 atom stereocenters. The van der Waals surface area contributed by atoms with E-state index in [-0.39, 0.29) is 17.6 Å². The van der Waals surface area contributed by atoms with Gasteiger partial charge in [-0.15, -0.1) is 0 Å². The summed E-state index contributed by atoms with van der Waals surface area (Å²) in [7, 11) is 0. The molecule has 1 aromatic carbocycles. The molecule has 7 nitrogen and oxygen atoms in total. The molecule has 0 unspecified atom stereocenters. The fourth-order valence-electron chi connectivity index (χ4n) is 4.61. The van der Waals surface area contributed by atoms with E-state index in [1.807, 2.05) is 64.3 Å². The molecule has 150 valence electrons. The van der Waals surface area contributed by atoms with E-state index < -0.39 is 0 Å². The summed E-state index contributed by atoms with van der Waals surface area (Å²) in [4.78, 5) is 30.5. The van der Waals surface area contributed by atoms with Gasteiger partial charge in [0.2, 0.25) is 0 Å². The van der Waals surface area contributed by atoms with Crippen molar-refractivity contribution in [3.8, 4) is 0 Å². The highest BCUT2D eigenvalue weighted by Crippen LogP contribution is 2.28. The predicted octanol–water partition coefficient (Wildman–Crippen LogP) is 3.68. The van der Waals surface area contributed by atoms with E-state index in [0.29, 0.717) is 25.3 Å². The summed E-state index contributed by atoms with van der Waals surface area (Å²) in [6, 6.07) is 11.7. The Morgan fingerprint density at radius 3 is 2.69 bits per heavy atom. The lowest BCUT2D eigenvalue weighted by Crippen LogP contribution is -2.41. The Labute approximate surface area is 167 Å². The van der Waals surface area contributed by atoms with Gasteiger partial charge < -0.3 is 18.9 Å². The molecule has 1 amide bonds. The maximum atomic E-state index is 13.2. The fraction of sp³-hybridized carbons (Fsp3) is 0.364. The van der Waals surface area contributed by atoms with Crippen molar-refractivity contribution in [3.63, 3.8) is 0 Å². The second kappa shape index (κ2) is 6.69. The number of rotatable bonds is 3. The molecule has 29 heavy (non-hydrogen) atoms. The minimum absolute atomic E-state index is 0.0284. The molecule has 0 bridgehead atoms. The number of fused-ring (bicyclic) bond motifs is 2. The van der Waals surface area contributed by atoms with E-state index in [1.165, 1.54) is 0 Å². The number of likely N-dealkylation sites (tertiary alicyclic amines) is 1. The highest BCUT2D eigenvalue weighted by atomic mass is 16.3. The van der Waals surface area contributed by atoms with Crippen LogP contribution in [0.15, 0.2) is 45.6 Å². The Bertz CT molecular complexity index is 1260. The van der Waals surface area contributed by atoms with E-state index in [2.05, 4.69) is 4.98 Å². The normalized spacial score (nSPS) is 15.6. The van der Waals surface area contributed by atoms with Crippen LogP contribution >= 0.6 is 0 Å². The van der Waals surface area contributed by atoms with Gasteiger partial charge in [-0.3, -0.25) is 9.36 Å². The van der Waals surface area contributed by atoms with Gasteiger partial charge in [0, 0.05) is 37.8 Å². The summed E-state index contributed by atoms with van der Waals surface area (Å²) in [5.74, 6) is 0.877. The molecule has 1 N–H and O–H groups in total. The Morgan fingerprint density at radius 2 is 1.93 bits per heavy atom. The highest BCUT2D eigenvalue weighted by Gasteiger charge is 2.28. The van der Waals surface area contributed by atoms with Crippen molar-refractivity contribution in [1.82, 2.24) is 19.0 Å².